The number of hydrogen-bond acceptors (Lipinski definition) is 4. The molecule has 25 heavy (non-hydrogen) atoms. The highest BCUT2D eigenvalue weighted by molar-refractivity contribution is 5.89. The Hall–Kier alpha value is -1.69. The van der Waals surface area contributed by atoms with E-state index >= 15 is 0 Å². The molecule has 0 amide bonds. The van der Waals surface area contributed by atoms with Crippen molar-refractivity contribution in [1.82, 2.24) is 10.1 Å². The Bertz CT molecular complexity index is 719. The molecular formula is C19H25F2N3O. The van der Waals surface area contributed by atoms with Gasteiger partial charge in [0.05, 0.1) is 5.39 Å². The summed E-state index contributed by atoms with van der Waals surface area (Å²) in [4.78, 5) is 4.57. The molecule has 1 aromatic carbocycles. The molecule has 1 aliphatic carbocycles. The van der Waals surface area contributed by atoms with E-state index in [0.717, 1.165) is 44.7 Å². The lowest BCUT2D eigenvalue weighted by Crippen LogP contribution is -2.47. The largest absolute Gasteiger partial charge is 0.351 e. The summed E-state index contributed by atoms with van der Waals surface area (Å²) >= 11 is 0. The van der Waals surface area contributed by atoms with E-state index in [4.69, 9.17) is 4.52 Å². The minimum atomic E-state index is -0.695. The molecule has 4 rings (SSSR count). The van der Waals surface area contributed by atoms with Gasteiger partial charge in [0, 0.05) is 32.2 Å². The van der Waals surface area contributed by atoms with E-state index in [1.807, 2.05) is 0 Å². The zero-order chi connectivity index (χ0) is 17.2. The average molecular weight is 349 g/mol. The van der Waals surface area contributed by atoms with Gasteiger partial charge in [0.2, 0.25) is 5.58 Å². The molecule has 0 bridgehead atoms. The Morgan fingerprint density at radius 3 is 2.56 bits per heavy atom. The van der Waals surface area contributed by atoms with Crippen LogP contribution in [0.4, 0.5) is 14.6 Å². The predicted octanol–water partition coefficient (Wildman–Crippen LogP) is 4.20. The number of halogens is 2. The van der Waals surface area contributed by atoms with Crippen molar-refractivity contribution in [3.8, 4) is 0 Å². The number of piperazine rings is 1. The monoisotopic (exact) mass is 349 g/mol. The van der Waals surface area contributed by atoms with Crippen LogP contribution in [0.3, 0.4) is 0 Å². The molecule has 6 heteroatoms. The summed E-state index contributed by atoms with van der Waals surface area (Å²) in [6.07, 6.45) is 8.27. The van der Waals surface area contributed by atoms with Crippen molar-refractivity contribution in [2.24, 2.45) is 5.92 Å². The Morgan fingerprint density at radius 1 is 1.04 bits per heavy atom. The van der Waals surface area contributed by atoms with Crippen LogP contribution in [0.15, 0.2) is 16.7 Å². The summed E-state index contributed by atoms with van der Waals surface area (Å²) < 4.78 is 32.4. The first kappa shape index (κ1) is 16.8. The minimum absolute atomic E-state index is 0.0381. The summed E-state index contributed by atoms with van der Waals surface area (Å²) in [6.45, 7) is 4.69. The first-order valence-corrected chi connectivity index (χ1v) is 9.42. The van der Waals surface area contributed by atoms with Crippen molar-refractivity contribution in [2.45, 2.75) is 38.5 Å². The molecule has 2 aromatic rings. The Balaban J connectivity index is 1.35. The zero-order valence-electron chi connectivity index (χ0n) is 14.5. The molecule has 1 saturated heterocycles. The summed E-state index contributed by atoms with van der Waals surface area (Å²) in [5.41, 5.74) is 0.0381. The second-order valence-electron chi connectivity index (χ2n) is 7.39. The highest BCUT2D eigenvalue weighted by atomic mass is 19.1. The van der Waals surface area contributed by atoms with E-state index in [9.17, 15) is 8.78 Å². The zero-order valence-corrected chi connectivity index (χ0v) is 14.5. The maximum absolute atomic E-state index is 13.8. The standard InChI is InChI=1S/C19H25F2N3O/c20-15-12-16-18(17(21)13-15)25-22-19(16)24-10-8-23(9-11-24)7-6-14-4-2-1-3-5-14/h12-14H,1-11H2. The SMILES string of the molecule is Fc1cc(F)c2onc(N3CCN(CCC4CCCCC4)CC3)c2c1. The Morgan fingerprint density at radius 2 is 1.80 bits per heavy atom. The van der Waals surface area contributed by atoms with Crippen molar-refractivity contribution in [3.05, 3.63) is 23.8 Å². The first-order chi connectivity index (χ1) is 12.2. The van der Waals surface area contributed by atoms with E-state index in [0.29, 0.717) is 11.2 Å². The fourth-order valence-corrected chi connectivity index (χ4v) is 4.21. The third kappa shape index (κ3) is 3.64. The molecule has 0 atom stereocenters. The van der Waals surface area contributed by atoms with E-state index < -0.39 is 11.6 Å². The van der Waals surface area contributed by atoms with Gasteiger partial charge in [-0.25, -0.2) is 8.78 Å². The van der Waals surface area contributed by atoms with Crippen LogP contribution in [0, 0.1) is 17.6 Å². The average Bonchev–Trinajstić information content (AvgIpc) is 3.05. The van der Waals surface area contributed by atoms with Gasteiger partial charge < -0.3 is 9.42 Å². The van der Waals surface area contributed by atoms with Crippen LogP contribution < -0.4 is 4.90 Å². The molecule has 0 radical (unpaired) electrons. The van der Waals surface area contributed by atoms with E-state index in [-0.39, 0.29) is 5.58 Å². The second-order valence-corrected chi connectivity index (χ2v) is 7.39. The normalized spacial score (nSPS) is 20.5. The van der Waals surface area contributed by atoms with Crippen molar-refractivity contribution in [2.75, 3.05) is 37.6 Å². The Kier molecular flexibility index (Phi) is 4.88. The quantitative estimate of drug-likeness (QED) is 0.828. The third-order valence-corrected chi connectivity index (χ3v) is 5.72. The van der Waals surface area contributed by atoms with Gasteiger partial charge in [-0.15, -0.1) is 0 Å². The van der Waals surface area contributed by atoms with Crippen LogP contribution in [-0.4, -0.2) is 42.8 Å². The molecular weight excluding hydrogens is 324 g/mol. The maximum Gasteiger partial charge on any atom is 0.204 e. The van der Waals surface area contributed by atoms with Crippen LogP contribution in [0.2, 0.25) is 0 Å². The molecule has 136 valence electrons. The summed E-state index contributed by atoms with van der Waals surface area (Å²) in [5.74, 6) is 0.165. The molecule has 0 unspecified atom stereocenters. The van der Waals surface area contributed by atoms with Crippen LogP contribution in [-0.2, 0) is 0 Å². The van der Waals surface area contributed by atoms with Crippen LogP contribution in [0.5, 0.6) is 0 Å². The molecule has 2 fully saturated rings. The number of rotatable bonds is 4. The van der Waals surface area contributed by atoms with Gasteiger partial charge in [0.15, 0.2) is 11.6 Å². The second kappa shape index (κ2) is 7.28. The smallest absolute Gasteiger partial charge is 0.204 e. The predicted molar refractivity (Wildman–Crippen MR) is 93.8 cm³/mol. The number of anilines is 1. The van der Waals surface area contributed by atoms with Crippen molar-refractivity contribution >= 4 is 16.8 Å². The van der Waals surface area contributed by atoms with Crippen LogP contribution >= 0.6 is 0 Å². The molecule has 2 heterocycles. The van der Waals surface area contributed by atoms with Crippen molar-refractivity contribution < 1.29 is 13.3 Å². The highest BCUT2D eigenvalue weighted by Gasteiger charge is 2.24. The molecule has 1 aromatic heterocycles. The van der Waals surface area contributed by atoms with Gasteiger partial charge in [-0.05, 0) is 24.9 Å². The number of nitrogens with zero attached hydrogens (tertiary/aromatic N) is 3. The lowest BCUT2D eigenvalue weighted by molar-refractivity contribution is 0.221. The first-order valence-electron chi connectivity index (χ1n) is 9.42. The Labute approximate surface area is 146 Å². The topological polar surface area (TPSA) is 32.5 Å². The van der Waals surface area contributed by atoms with Crippen molar-refractivity contribution in [1.29, 1.82) is 0 Å². The van der Waals surface area contributed by atoms with Crippen LogP contribution in [0.25, 0.3) is 11.0 Å². The molecule has 0 spiro atoms. The molecule has 4 nitrogen and oxygen atoms in total. The fraction of sp³-hybridized carbons (Fsp3) is 0.632. The van der Waals surface area contributed by atoms with Crippen molar-refractivity contribution in [3.63, 3.8) is 0 Å². The fourth-order valence-electron chi connectivity index (χ4n) is 4.21. The summed E-state index contributed by atoms with van der Waals surface area (Å²) in [5, 5.41) is 4.42. The number of hydrogen-bond donors (Lipinski definition) is 0. The van der Waals surface area contributed by atoms with Gasteiger partial charge in [-0.2, -0.15) is 0 Å². The van der Waals surface area contributed by atoms with E-state index in [1.165, 1.54) is 44.6 Å². The molecule has 2 aliphatic rings. The number of aromatic nitrogens is 1. The van der Waals surface area contributed by atoms with E-state index in [2.05, 4.69) is 15.0 Å². The summed E-state index contributed by atoms with van der Waals surface area (Å²) in [7, 11) is 0. The summed E-state index contributed by atoms with van der Waals surface area (Å²) in [6, 6.07) is 2.14. The minimum Gasteiger partial charge on any atom is -0.351 e. The van der Waals surface area contributed by atoms with Gasteiger partial charge >= 0.3 is 0 Å². The van der Waals surface area contributed by atoms with Gasteiger partial charge in [-0.3, -0.25) is 4.90 Å². The van der Waals surface area contributed by atoms with Gasteiger partial charge in [0.1, 0.15) is 5.82 Å². The van der Waals surface area contributed by atoms with Crippen LogP contribution in [0.1, 0.15) is 38.5 Å². The van der Waals surface area contributed by atoms with E-state index in [1.54, 1.807) is 0 Å². The molecule has 1 saturated carbocycles. The molecule has 0 N–H and O–H groups in total. The number of benzene rings is 1. The lowest BCUT2D eigenvalue weighted by Gasteiger charge is -2.35. The number of fused-ring (bicyclic) bond motifs is 1. The third-order valence-electron chi connectivity index (χ3n) is 5.72. The van der Waals surface area contributed by atoms with Gasteiger partial charge in [0.25, 0.3) is 0 Å². The van der Waals surface area contributed by atoms with Gasteiger partial charge in [-0.1, -0.05) is 37.3 Å². The molecule has 1 aliphatic heterocycles. The maximum atomic E-state index is 13.8. The lowest BCUT2D eigenvalue weighted by atomic mass is 9.87. The highest BCUT2D eigenvalue weighted by Crippen LogP contribution is 2.30.